The molecule has 1 aromatic carbocycles. The number of anilines is 2. The van der Waals surface area contributed by atoms with Gasteiger partial charge in [0.15, 0.2) is 0 Å². The fraction of sp³-hybridized carbons (Fsp3) is 0.200. The second-order valence-corrected chi connectivity index (χ2v) is 3.15. The summed E-state index contributed by atoms with van der Waals surface area (Å²) in [7, 11) is 0. The van der Waals surface area contributed by atoms with Gasteiger partial charge in [0.2, 0.25) is 5.91 Å². The third kappa shape index (κ3) is 3.78. The van der Waals surface area contributed by atoms with Crippen LogP contribution < -0.4 is 16.6 Å². The zero-order valence-corrected chi connectivity index (χ0v) is 8.41. The van der Waals surface area contributed by atoms with Crippen molar-refractivity contribution in [1.82, 2.24) is 0 Å². The van der Waals surface area contributed by atoms with Gasteiger partial charge in [-0.1, -0.05) is 6.07 Å². The lowest BCUT2D eigenvalue weighted by Gasteiger charge is -2.05. The van der Waals surface area contributed by atoms with Crippen LogP contribution in [0.5, 0.6) is 0 Å². The summed E-state index contributed by atoms with van der Waals surface area (Å²) >= 11 is 0. The predicted molar refractivity (Wildman–Crippen MR) is 58.2 cm³/mol. The average molecular weight is 207 g/mol. The highest BCUT2D eigenvalue weighted by atomic mass is 16.2. The van der Waals surface area contributed by atoms with E-state index in [2.05, 4.69) is 10.7 Å². The Labute approximate surface area is 87.6 Å². The number of benzene rings is 1. The molecule has 5 heteroatoms. The van der Waals surface area contributed by atoms with Gasteiger partial charge in [0, 0.05) is 5.69 Å². The van der Waals surface area contributed by atoms with Crippen molar-refractivity contribution in [2.45, 2.75) is 13.3 Å². The van der Waals surface area contributed by atoms with Crippen molar-refractivity contribution in [2.75, 3.05) is 10.7 Å². The Morgan fingerprint density at radius 3 is 2.60 bits per heavy atom. The maximum atomic E-state index is 11.2. The number of nitrogens with two attached hydrogens (primary N) is 1. The molecule has 0 atom stereocenters. The summed E-state index contributed by atoms with van der Waals surface area (Å²) in [6.45, 7) is 1.37. The quantitative estimate of drug-likeness (QED) is 0.389. The summed E-state index contributed by atoms with van der Waals surface area (Å²) < 4.78 is 0. The Hall–Kier alpha value is -1.88. The molecular formula is C10H13N3O2. The first-order chi connectivity index (χ1) is 7.11. The van der Waals surface area contributed by atoms with E-state index in [4.69, 9.17) is 5.84 Å². The van der Waals surface area contributed by atoms with E-state index >= 15 is 0 Å². The zero-order valence-electron chi connectivity index (χ0n) is 8.41. The van der Waals surface area contributed by atoms with Crippen molar-refractivity contribution in [2.24, 2.45) is 5.84 Å². The van der Waals surface area contributed by atoms with Crippen molar-refractivity contribution in [3.8, 4) is 0 Å². The molecule has 0 bridgehead atoms. The first-order valence-corrected chi connectivity index (χ1v) is 4.48. The van der Waals surface area contributed by atoms with E-state index in [-0.39, 0.29) is 18.1 Å². The Morgan fingerprint density at radius 1 is 1.33 bits per heavy atom. The highest BCUT2D eigenvalue weighted by molar-refractivity contribution is 6.03. The summed E-state index contributed by atoms with van der Waals surface area (Å²) in [5.41, 5.74) is 3.76. The van der Waals surface area contributed by atoms with Crippen LogP contribution in [0.25, 0.3) is 0 Å². The molecule has 1 aromatic rings. The normalized spacial score (nSPS) is 9.47. The van der Waals surface area contributed by atoms with Crippen molar-refractivity contribution in [3.05, 3.63) is 24.3 Å². The molecule has 0 aliphatic heterocycles. The summed E-state index contributed by atoms with van der Waals surface area (Å²) in [5, 5.41) is 2.59. The van der Waals surface area contributed by atoms with Gasteiger partial charge in [0.1, 0.15) is 5.78 Å². The largest absolute Gasteiger partial charge is 0.326 e. The number of carbonyl (C=O) groups excluding carboxylic acids is 2. The van der Waals surface area contributed by atoms with Gasteiger partial charge in [-0.3, -0.25) is 15.4 Å². The van der Waals surface area contributed by atoms with Crippen molar-refractivity contribution >= 4 is 23.1 Å². The van der Waals surface area contributed by atoms with Crippen LogP contribution in [0.1, 0.15) is 13.3 Å². The first kappa shape index (κ1) is 11.2. The first-order valence-electron chi connectivity index (χ1n) is 4.48. The van der Waals surface area contributed by atoms with Gasteiger partial charge in [-0.25, -0.2) is 0 Å². The van der Waals surface area contributed by atoms with E-state index in [9.17, 15) is 9.59 Å². The van der Waals surface area contributed by atoms with Crippen LogP contribution in [0.3, 0.4) is 0 Å². The number of hydrogen-bond acceptors (Lipinski definition) is 4. The van der Waals surface area contributed by atoms with E-state index in [0.717, 1.165) is 0 Å². The van der Waals surface area contributed by atoms with Gasteiger partial charge in [0.05, 0.1) is 12.1 Å². The zero-order chi connectivity index (χ0) is 11.3. The molecule has 80 valence electrons. The average Bonchev–Trinajstić information content (AvgIpc) is 2.16. The number of amides is 1. The number of ketones is 1. The third-order valence-corrected chi connectivity index (χ3v) is 1.72. The Kier molecular flexibility index (Phi) is 3.82. The van der Waals surface area contributed by atoms with Crippen molar-refractivity contribution in [1.29, 1.82) is 0 Å². The number of Topliss-reactive ketones (excluding diaryl/α,β-unsaturated/α-hetero) is 1. The van der Waals surface area contributed by atoms with E-state index in [0.29, 0.717) is 11.4 Å². The molecule has 0 radical (unpaired) electrons. The number of hydrazine groups is 1. The second kappa shape index (κ2) is 5.11. The molecule has 0 saturated carbocycles. The van der Waals surface area contributed by atoms with Crippen LogP contribution in [0.15, 0.2) is 24.3 Å². The highest BCUT2D eigenvalue weighted by Crippen LogP contribution is 2.13. The number of nitrogen functional groups attached to an aromatic ring is 1. The molecule has 4 N–H and O–H groups in total. The van der Waals surface area contributed by atoms with Crippen LogP contribution in [-0.4, -0.2) is 11.7 Å². The van der Waals surface area contributed by atoms with Gasteiger partial charge >= 0.3 is 0 Å². The van der Waals surface area contributed by atoms with E-state index in [1.807, 2.05) is 0 Å². The number of rotatable bonds is 4. The van der Waals surface area contributed by atoms with Crippen LogP contribution >= 0.6 is 0 Å². The molecule has 0 aliphatic rings. The standard InChI is InChI=1S/C10H13N3O2/c1-7(14)5-10(15)12-8-3-2-4-9(6-8)13-11/h2-4,6,13H,5,11H2,1H3,(H,12,15). The van der Waals surface area contributed by atoms with Gasteiger partial charge in [0.25, 0.3) is 0 Å². The molecule has 0 fully saturated rings. The molecule has 0 aromatic heterocycles. The van der Waals surface area contributed by atoms with E-state index in [1.54, 1.807) is 24.3 Å². The minimum absolute atomic E-state index is 0.111. The maximum absolute atomic E-state index is 11.2. The Balaban J connectivity index is 2.63. The molecule has 0 saturated heterocycles. The molecule has 0 unspecified atom stereocenters. The number of nitrogens with one attached hydrogen (secondary N) is 2. The fourth-order valence-corrected chi connectivity index (χ4v) is 1.12. The van der Waals surface area contributed by atoms with Gasteiger partial charge in [-0.05, 0) is 25.1 Å². The minimum Gasteiger partial charge on any atom is -0.326 e. The summed E-state index contributed by atoms with van der Waals surface area (Å²) in [5.74, 6) is 4.72. The van der Waals surface area contributed by atoms with Gasteiger partial charge in [-0.2, -0.15) is 0 Å². The predicted octanol–water partition coefficient (Wildman–Crippen LogP) is 0.890. The number of carbonyl (C=O) groups is 2. The van der Waals surface area contributed by atoms with Crippen LogP contribution in [0.4, 0.5) is 11.4 Å². The molecule has 1 amide bonds. The SMILES string of the molecule is CC(=O)CC(=O)Nc1cccc(NN)c1. The van der Waals surface area contributed by atoms with Crippen LogP contribution in [-0.2, 0) is 9.59 Å². The van der Waals surface area contributed by atoms with Crippen molar-refractivity contribution in [3.63, 3.8) is 0 Å². The molecule has 0 aliphatic carbocycles. The molecule has 5 nitrogen and oxygen atoms in total. The maximum Gasteiger partial charge on any atom is 0.231 e. The fourth-order valence-electron chi connectivity index (χ4n) is 1.12. The van der Waals surface area contributed by atoms with Crippen LogP contribution in [0, 0.1) is 0 Å². The highest BCUT2D eigenvalue weighted by Gasteiger charge is 2.05. The monoisotopic (exact) mass is 207 g/mol. The summed E-state index contributed by atoms with van der Waals surface area (Å²) in [6.07, 6.45) is -0.111. The lowest BCUT2D eigenvalue weighted by Crippen LogP contribution is -2.15. The molecule has 15 heavy (non-hydrogen) atoms. The van der Waals surface area contributed by atoms with E-state index in [1.165, 1.54) is 6.92 Å². The topological polar surface area (TPSA) is 84.2 Å². The number of hydrogen-bond donors (Lipinski definition) is 3. The van der Waals surface area contributed by atoms with Gasteiger partial charge in [-0.15, -0.1) is 0 Å². The lowest BCUT2D eigenvalue weighted by atomic mass is 10.2. The van der Waals surface area contributed by atoms with Crippen LogP contribution in [0.2, 0.25) is 0 Å². The smallest absolute Gasteiger partial charge is 0.231 e. The molecule has 1 rings (SSSR count). The molecule has 0 spiro atoms. The Bertz CT molecular complexity index is 377. The second-order valence-electron chi connectivity index (χ2n) is 3.15. The van der Waals surface area contributed by atoms with Gasteiger partial charge < -0.3 is 10.7 Å². The Morgan fingerprint density at radius 2 is 2.00 bits per heavy atom. The summed E-state index contributed by atoms with van der Waals surface area (Å²) in [6, 6.07) is 6.91. The molecule has 0 heterocycles. The summed E-state index contributed by atoms with van der Waals surface area (Å²) in [4.78, 5) is 21.9. The van der Waals surface area contributed by atoms with Crippen molar-refractivity contribution < 1.29 is 9.59 Å². The third-order valence-electron chi connectivity index (χ3n) is 1.72. The minimum atomic E-state index is -0.323. The lowest BCUT2D eigenvalue weighted by molar-refractivity contribution is -0.124. The molecular weight excluding hydrogens is 194 g/mol. The van der Waals surface area contributed by atoms with E-state index < -0.39 is 0 Å².